The van der Waals surface area contributed by atoms with Gasteiger partial charge in [0.1, 0.15) is 0 Å². The summed E-state index contributed by atoms with van der Waals surface area (Å²) in [5.41, 5.74) is 0. The zero-order valence-electron chi connectivity index (χ0n) is 15.5. The van der Waals surface area contributed by atoms with Crippen LogP contribution in [0.15, 0.2) is 4.99 Å². The maximum Gasteiger partial charge on any atom is 0.193 e. The Morgan fingerprint density at radius 3 is 2.83 bits per heavy atom. The summed E-state index contributed by atoms with van der Waals surface area (Å²) < 4.78 is 5.59. The molecule has 2 aliphatic rings. The molecule has 2 rings (SSSR count). The lowest BCUT2D eigenvalue weighted by Crippen LogP contribution is -2.40. The van der Waals surface area contributed by atoms with Crippen molar-refractivity contribution in [1.82, 2.24) is 10.2 Å². The highest BCUT2D eigenvalue weighted by atomic mass is 16.5. The maximum absolute atomic E-state index is 5.59. The second kappa shape index (κ2) is 10.2. The van der Waals surface area contributed by atoms with Crippen LogP contribution in [0.4, 0.5) is 0 Å². The molecule has 0 bridgehead atoms. The molecular formula is C19H37N3O. The third-order valence-electron chi connectivity index (χ3n) is 5.32. The van der Waals surface area contributed by atoms with Crippen molar-refractivity contribution in [3.8, 4) is 0 Å². The van der Waals surface area contributed by atoms with Crippen molar-refractivity contribution < 1.29 is 4.74 Å². The van der Waals surface area contributed by atoms with Crippen LogP contribution in [-0.4, -0.2) is 50.3 Å². The fourth-order valence-corrected chi connectivity index (χ4v) is 4.05. The molecule has 1 heterocycles. The van der Waals surface area contributed by atoms with Crippen LogP contribution in [0.2, 0.25) is 0 Å². The zero-order chi connectivity index (χ0) is 16.5. The molecule has 4 nitrogen and oxygen atoms in total. The zero-order valence-corrected chi connectivity index (χ0v) is 15.5. The second-order valence-corrected chi connectivity index (χ2v) is 7.42. The highest BCUT2D eigenvalue weighted by Gasteiger charge is 2.25. The Morgan fingerprint density at radius 2 is 2.09 bits per heavy atom. The van der Waals surface area contributed by atoms with E-state index in [4.69, 9.17) is 9.73 Å². The maximum atomic E-state index is 5.59. The van der Waals surface area contributed by atoms with Crippen molar-refractivity contribution in [3.63, 3.8) is 0 Å². The SMILES string of the molecule is CCNC(=NCCC1CCCC(C)C1)N1CCC(COCC)C1. The van der Waals surface area contributed by atoms with E-state index < -0.39 is 0 Å². The van der Waals surface area contributed by atoms with Gasteiger partial charge in [0.15, 0.2) is 5.96 Å². The Kier molecular flexibility index (Phi) is 8.21. The van der Waals surface area contributed by atoms with Crippen molar-refractivity contribution in [3.05, 3.63) is 0 Å². The largest absolute Gasteiger partial charge is 0.381 e. The molecule has 0 spiro atoms. The van der Waals surface area contributed by atoms with Crippen LogP contribution in [0.1, 0.15) is 59.3 Å². The molecule has 1 saturated heterocycles. The fraction of sp³-hybridized carbons (Fsp3) is 0.947. The van der Waals surface area contributed by atoms with Gasteiger partial charge in [-0.3, -0.25) is 4.99 Å². The van der Waals surface area contributed by atoms with Crippen molar-refractivity contribution >= 4 is 5.96 Å². The van der Waals surface area contributed by atoms with Gasteiger partial charge >= 0.3 is 0 Å². The summed E-state index contributed by atoms with van der Waals surface area (Å²) in [6, 6.07) is 0. The summed E-state index contributed by atoms with van der Waals surface area (Å²) >= 11 is 0. The van der Waals surface area contributed by atoms with Gasteiger partial charge < -0.3 is 15.0 Å². The highest BCUT2D eigenvalue weighted by Crippen LogP contribution is 2.30. The molecule has 1 saturated carbocycles. The third kappa shape index (κ3) is 6.33. The number of aliphatic imine (C=N–C) groups is 1. The first-order valence-corrected chi connectivity index (χ1v) is 9.83. The molecule has 0 amide bonds. The quantitative estimate of drug-likeness (QED) is 0.575. The predicted octanol–water partition coefficient (Wildman–Crippen LogP) is 3.53. The Balaban J connectivity index is 1.78. The molecule has 134 valence electrons. The van der Waals surface area contributed by atoms with E-state index in [1.54, 1.807) is 0 Å². The molecule has 0 aromatic rings. The molecular weight excluding hydrogens is 286 g/mol. The van der Waals surface area contributed by atoms with E-state index in [-0.39, 0.29) is 0 Å². The highest BCUT2D eigenvalue weighted by molar-refractivity contribution is 5.80. The van der Waals surface area contributed by atoms with Crippen molar-refractivity contribution in [2.45, 2.75) is 59.3 Å². The lowest BCUT2D eigenvalue weighted by molar-refractivity contribution is 0.114. The van der Waals surface area contributed by atoms with Crippen LogP contribution >= 0.6 is 0 Å². The van der Waals surface area contributed by atoms with Crippen LogP contribution in [0.25, 0.3) is 0 Å². The molecule has 0 aromatic carbocycles. The minimum Gasteiger partial charge on any atom is -0.381 e. The number of rotatable bonds is 7. The molecule has 1 aliphatic heterocycles. The summed E-state index contributed by atoms with van der Waals surface area (Å²) in [4.78, 5) is 7.35. The molecule has 2 fully saturated rings. The third-order valence-corrected chi connectivity index (χ3v) is 5.32. The van der Waals surface area contributed by atoms with Gasteiger partial charge in [-0.2, -0.15) is 0 Å². The fourth-order valence-electron chi connectivity index (χ4n) is 4.05. The van der Waals surface area contributed by atoms with Crippen LogP contribution in [0.3, 0.4) is 0 Å². The first-order chi connectivity index (χ1) is 11.2. The van der Waals surface area contributed by atoms with Crippen LogP contribution < -0.4 is 5.32 Å². The lowest BCUT2D eigenvalue weighted by atomic mass is 9.81. The number of ether oxygens (including phenoxy) is 1. The Bertz CT molecular complexity index is 359. The van der Waals surface area contributed by atoms with Gasteiger partial charge in [-0.25, -0.2) is 0 Å². The van der Waals surface area contributed by atoms with E-state index in [1.807, 2.05) is 0 Å². The van der Waals surface area contributed by atoms with E-state index in [0.717, 1.165) is 57.2 Å². The molecule has 0 aromatic heterocycles. The summed E-state index contributed by atoms with van der Waals surface area (Å²) in [5.74, 6) is 3.60. The number of nitrogens with zero attached hydrogens (tertiary/aromatic N) is 2. The molecule has 4 heteroatoms. The molecule has 3 unspecified atom stereocenters. The first kappa shape index (κ1) is 18.6. The summed E-state index contributed by atoms with van der Waals surface area (Å²) in [6.45, 7) is 12.5. The standard InChI is InChI=1S/C19H37N3O/c1-4-20-19(22-12-10-18(14-22)15-23-5-2)21-11-9-17-8-6-7-16(3)13-17/h16-18H,4-15H2,1-3H3,(H,20,21). The van der Waals surface area contributed by atoms with E-state index in [2.05, 4.69) is 31.0 Å². The first-order valence-electron chi connectivity index (χ1n) is 9.83. The second-order valence-electron chi connectivity index (χ2n) is 7.42. The Morgan fingerprint density at radius 1 is 1.22 bits per heavy atom. The summed E-state index contributed by atoms with van der Waals surface area (Å²) in [6.07, 6.45) is 8.15. The number of nitrogens with one attached hydrogen (secondary N) is 1. The van der Waals surface area contributed by atoms with Crippen molar-refractivity contribution in [2.75, 3.05) is 39.4 Å². The Labute approximate surface area is 143 Å². The topological polar surface area (TPSA) is 36.9 Å². The van der Waals surface area contributed by atoms with E-state index in [1.165, 1.54) is 38.5 Å². The van der Waals surface area contributed by atoms with Gasteiger partial charge in [0.05, 0.1) is 6.61 Å². The van der Waals surface area contributed by atoms with E-state index in [0.29, 0.717) is 5.92 Å². The minimum absolute atomic E-state index is 0.665. The van der Waals surface area contributed by atoms with Crippen molar-refractivity contribution in [1.29, 1.82) is 0 Å². The summed E-state index contributed by atoms with van der Waals surface area (Å²) in [7, 11) is 0. The number of hydrogen-bond acceptors (Lipinski definition) is 2. The smallest absolute Gasteiger partial charge is 0.193 e. The molecule has 23 heavy (non-hydrogen) atoms. The minimum atomic E-state index is 0.665. The monoisotopic (exact) mass is 323 g/mol. The average molecular weight is 324 g/mol. The van der Waals surface area contributed by atoms with Gasteiger partial charge in [-0.15, -0.1) is 0 Å². The van der Waals surface area contributed by atoms with Gasteiger partial charge in [-0.1, -0.05) is 26.2 Å². The number of hydrogen-bond donors (Lipinski definition) is 1. The number of guanidine groups is 1. The molecule has 1 N–H and O–H groups in total. The molecule has 0 radical (unpaired) electrons. The van der Waals surface area contributed by atoms with Gasteiger partial charge in [0.25, 0.3) is 0 Å². The molecule has 1 aliphatic carbocycles. The lowest BCUT2D eigenvalue weighted by Gasteiger charge is -2.26. The van der Waals surface area contributed by atoms with E-state index in [9.17, 15) is 0 Å². The normalized spacial score (nSPS) is 29.1. The van der Waals surface area contributed by atoms with Gasteiger partial charge in [-0.05, 0) is 44.9 Å². The average Bonchev–Trinajstić information content (AvgIpc) is 3.01. The van der Waals surface area contributed by atoms with E-state index >= 15 is 0 Å². The van der Waals surface area contributed by atoms with Crippen molar-refractivity contribution in [2.24, 2.45) is 22.7 Å². The van der Waals surface area contributed by atoms with Crippen LogP contribution in [0.5, 0.6) is 0 Å². The van der Waals surface area contributed by atoms with Gasteiger partial charge in [0.2, 0.25) is 0 Å². The Hall–Kier alpha value is -0.770. The number of likely N-dealkylation sites (tertiary alicyclic amines) is 1. The van der Waals surface area contributed by atoms with Crippen LogP contribution in [-0.2, 0) is 4.74 Å². The molecule has 3 atom stereocenters. The van der Waals surface area contributed by atoms with Gasteiger partial charge in [0, 0.05) is 38.7 Å². The predicted molar refractivity (Wildman–Crippen MR) is 97.9 cm³/mol. The summed E-state index contributed by atoms with van der Waals surface area (Å²) in [5, 5.41) is 3.48. The van der Waals surface area contributed by atoms with Crippen LogP contribution in [0, 0.1) is 17.8 Å².